The van der Waals surface area contributed by atoms with E-state index in [1.807, 2.05) is 30.3 Å². The van der Waals surface area contributed by atoms with Crippen molar-refractivity contribution in [1.29, 1.82) is 0 Å². The Morgan fingerprint density at radius 1 is 0.810 bits per heavy atom. The molecule has 0 fully saturated rings. The maximum absolute atomic E-state index is 12.9. The van der Waals surface area contributed by atoms with Gasteiger partial charge < -0.3 is 42.2 Å². The Labute approximate surface area is 248 Å². The van der Waals surface area contributed by atoms with Gasteiger partial charge in [0.05, 0.1) is 31.8 Å². The Morgan fingerprint density at radius 2 is 1.40 bits per heavy atom. The number of carbonyl (C=O) groups is 5. The minimum Gasteiger partial charge on any atom is -0.467 e. The first kappa shape index (κ1) is 36.5. The second kappa shape index (κ2) is 18.1. The van der Waals surface area contributed by atoms with Crippen LogP contribution in [0.1, 0.15) is 47.1 Å². The van der Waals surface area contributed by atoms with Gasteiger partial charge in [-0.15, -0.1) is 0 Å². The normalized spacial score (nSPS) is 15.5. The van der Waals surface area contributed by atoms with E-state index in [1.165, 1.54) is 21.0 Å². The molecule has 8 N–H and O–H groups in total. The molecule has 0 saturated carbocycles. The van der Waals surface area contributed by atoms with Crippen molar-refractivity contribution < 1.29 is 33.8 Å². The molecule has 1 aromatic carbocycles. The molecule has 1 rings (SSSR count). The smallest absolute Gasteiger partial charge is 0.328 e. The summed E-state index contributed by atoms with van der Waals surface area (Å²) < 4.78 is 4.77. The Kier molecular flexibility index (Phi) is 15.7. The number of benzene rings is 1. The SMILES string of the molecule is COC(=O)[C@@H](NC(=O)[C@@H](NC(=O)CNC[C@H](O)[C@H](Cc1ccccc1)NC(=O)[C@H](C)NC(=O)[C@H](C)N)C(C)C)C(C)C. The third-order valence-electron chi connectivity index (χ3n) is 6.58. The molecule has 0 aliphatic carbocycles. The van der Waals surface area contributed by atoms with Crippen molar-refractivity contribution in [2.75, 3.05) is 20.2 Å². The fourth-order valence-corrected chi connectivity index (χ4v) is 3.97. The zero-order valence-electron chi connectivity index (χ0n) is 25.6. The lowest BCUT2D eigenvalue weighted by molar-refractivity contribution is -0.146. The molecule has 0 saturated heterocycles. The third kappa shape index (κ3) is 12.5. The van der Waals surface area contributed by atoms with Crippen LogP contribution >= 0.6 is 0 Å². The largest absolute Gasteiger partial charge is 0.467 e. The van der Waals surface area contributed by atoms with Crippen LogP contribution in [-0.2, 0) is 35.1 Å². The summed E-state index contributed by atoms with van der Waals surface area (Å²) in [4.78, 5) is 62.3. The van der Waals surface area contributed by atoms with Gasteiger partial charge in [-0.1, -0.05) is 58.0 Å². The summed E-state index contributed by atoms with van der Waals surface area (Å²) in [6.07, 6.45) is -0.808. The quantitative estimate of drug-likeness (QED) is 0.110. The Balaban J connectivity index is 2.81. The van der Waals surface area contributed by atoms with Crippen LogP contribution in [0.4, 0.5) is 0 Å². The summed E-state index contributed by atoms with van der Waals surface area (Å²) in [5.41, 5.74) is 6.43. The number of aliphatic hydroxyl groups excluding tert-OH is 1. The van der Waals surface area contributed by atoms with Crippen molar-refractivity contribution in [2.24, 2.45) is 17.6 Å². The van der Waals surface area contributed by atoms with Gasteiger partial charge in [0.2, 0.25) is 23.6 Å². The monoisotopic (exact) mass is 592 g/mol. The zero-order chi connectivity index (χ0) is 32.0. The minimum absolute atomic E-state index is 0.0535. The number of aliphatic hydroxyl groups is 1. The molecule has 0 heterocycles. The van der Waals surface area contributed by atoms with Gasteiger partial charge in [0.1, 0.15) is 18.1 Å². The van der Waals surface area contributed by atoms with Crippen LogP contribution in [0, 0.1) is 11.8 Å². The summed E-state index contributed by atoms with van der Waals surface area (Å²) >= 11 is 0. The van der Waals surface area contributed by atoms with Crippen LogP contribution < -0.4 is 32.3 Å². The molecular weight excluding hydrogens is 544 g/mol. The summed E-state index contributed by atoms with van der Waals surface area (Å²) in [5, 5.41) is 24.4. The lowest BCUT2D eigenvalue weighted by atomic mass is 10.00. The maximum atomic E-state index is 12.9. The predicted octanol–water partition coefficient (Wildman–Crippen LogP) is -1.03. The van der Waals surface area contributed by atoms with Crippen LogP contribution in [0.15, 0.2) is 30.3 Å². The summed E-state index contributed by atoms with van der Waals surface area (Å²) in [7, 11) is 1.24. The number of esters is 1. The molecule has 42 heavy (non-hydrogen) atoms. The number of carbonyl (C=O) groups excluding carboxylic acids is 5. The number of rotatable bonds is 17. The highest BCUT2D eigenvalue weighted by Gasteiger charge is 2.31. The van der Waals surface area contributed by atoms with Gasteiger partial charge in [-0.25, -0.2) is 4.79 Å². The number of hydrogen-bond donors (Lipinski definition) is 7. The van der Waals surface area contributed by atoms with Gasteiger partial charge in [-0.3, -0.25) is 19.2 Å². The summed E-state index contributed by atoms with van der Waals surface area (Å²) in [5.74, 6) is -3.07. The number of ether oxygens (including phenoxy) is 1. The molecule has 0 spiro atoms. The molecule has 13 heteroatoms. The van der Waals surface area contributed by atoms with E-state index in [2.05, 4.69) is 26.6 Å². The van der Waals surface area contributed by atoms with Gasteiger partial charge in [0.25, 0.3) is 0 Å². The van der Waals surface area contributed by atoms with Gasteiger partial charge in [0.15, 0.2) is 0 Å². The molecule has 4 amide bonds. The van der Waals surface area contributed by atoms with Gasteiger partial charge >= 0.3 is 5.97 Å². The van der Waals surface area contributed by atoms with E-state index in [9.17, 15) is 29.1 Å². The molecule has 0 bridgehead atoms. The van der Waals surface area contributed by atoms with E-state index in [1.54, 1.807) is 27.7 Å². The average Bonchev–Trinajstić information content (AvgIpc) is 2.93. The van der Waals surface area contributed by atoms with E-state index >= 15 is 0 Å². The number of amides is 4. The highest BCUT2D eigenvalue weighted by molar-refractivity contribution is 5.91. The Bertz CT molecular complexity index is 1030. The third-order valence-corrected chi connectivity index (χ3v) is 6.58. The molecular formula is C29H48N6O7. The highest BCUT2D eigenvalue weighted by Crippen LogP contribution is 2.09. The molecule has 0 unspecified atom stereocenters. The first-order valence-corrected chi connectivity index (χ1v) is 14.1. The number of methoxy groups -OCH3 is 1. The van der Waals surface area contributed by atoms with Crippen LogP contribution in [0.3, 0.4) is 0 Å². The molecule has 13 nitrogen and oxygen atoms in total. The van der Waals surface area contributed by atoms with Crippen LogP contribution in [0.25, 0.3) is 0 Å². The first-order chi connectivity index (χ1) is 19.7. The summed E-state index contributed by atoms with van der Waals surface area (Å²) in [6, 6.07) is 5.05. The Hall–Kier alpha value is -3.55. The minimum atomic E-state index is -1.10. The zero-order valence-corrected chi connectivity index (χ0v) is 25.6. The molecule has 1 aromatic rings. The molecule has 0 aromatic heterocycles. The number of nitrogens with two attached hydrogens (primary N) is 1. The number of hydrogen-bond acceptors (Lipinski definition) is 9. The maximum Gasteiger partial charge on any atom is 0.328 e. The lowest BCUT2D eigenvalue weighted by Crippen LogP contribution is -2.57. The molecule has 0 aliphatic rings. The number of nitrogens with one attached hydrogen (secondary N) is 5. The molecule has 0 radical (unpaired) electrons. The lowest BCUT2D eigenvalue weighted by Gasteiger charge is -2.27. The fourth-order valence-electron chi connectivity index (χ4n) is 3.97. The van der Waals surface area contributed by atoms with Crippen molar-refractivity contribution in [3.05, 3.63) is 35.9 Å². The van der Waals surface area contributed by atoms with Crippen LogP contribution in [0.2, 0.25) is 0 Å². The summed E-state index contributed by atoms with van der Waals surface area (Å²) in [6.45, 7) is 9.81. The van der Waals surface area contributed by atoms with Gasteiger partial charge in [0, 0.05) is 6.54 Å². The van der Waals surface area contributed by atoms with Crippen molar-refractivity contribution in [3.63, 3.8) is 0 Å². The van der Waals surface area contributed by atoms with E-state index < -0.39 is 65.9 Å². The second-order valence-corrected chi connectivity index (χ2v) is 11.1. The fraction of sp³-hybridized carbons (Fsp3) is 0.621. The predicted molar refractivity (Wildman–Crippen MR) is 158 cm³/mol. The van der Waals surface area contributed by atoms with Gasteiger partial charge in [-0.05, 0) is 37.7 Å². The van der Waals surface area contributed by atoms with E-state index in [-0.39, 0.29) is 24.9 Å². The molecule has 6 atom stereocenters. The van der Waals surface area contributed by atoms with Crippen molar-refractivity contribution in [1.82, 2.24) is 26.6 Å². The van der Waals surface area contributed by atoms with Crippen molar-refractivity contribution >= 4 is 29.6 Å². The Morgan fingerprint density at radius 3 is 1.93 bits per heavy atom. The van der Waals surface area contributed by atoms with E-state index in [4.69, 9.17) is 10.5 Å². The molecule has 0 aliphatic heterocycles. The van der Waals surface area contributed by atoms with E-state index in [0.717, 1.165) is 5.56 Å². The average molecular weight is 593 g/mol. The topological polar surface area (TPSA) is 201 Å². The highest BCUT2D eigenvalue weighted by atomic mass is 16.5. The van der Waals surface area contributed by atoms with E-state index in [0.29, 0.717) is 6.42 Å². The second-order valence-electron chi connectivity index (χ2n) is 11.1. The first-order valence-electron chi connectivity index (χ1n) is 14.1. The van der Waals surface area contributed by atoms with Crippen LogP contribution in [-0.4, -0.2) is 91.2 Å². The molecule has 236 valence electrons. The van der Waals surface area contributed by atoms with Crippen LogP contribution in [0.5, 0.6) is 0 Å². The van der Waals surface area contributed by atoms with Gasteiger partial charge in [-0.2, -0.15) is 0 Å². The van der Waals surface area contributed by atoms with Crippen molar-refractivity contribution in [2.45, 2.75) is 84.3 Å². The van der Waals surface area contributed by atoms with Crippen molar-refractivity contribution in [3.8, 4) is 0 Å². The standard InChI is InChI=1S/C29H48N6O7/c1-16(2)24(28(40)35-25(17(3)4)29(41)42-7)34-23(37)15-31-14-22(36)21(13-20-11-9-8-10-12-20)33-27(39)19(6)32-26(38)18(5)30/h8-12,16-19,21-22,24-25,31,36H,13-15,30H2,1-7H3,(H,32,38)(H,33,39)(H,34,37)(H,35,40)/t18-,19-,21-,22-,24-,25-/m0/s1.